The first-order valence-corrected chi connectivity index (χ1v) is 11.0. The number of hydrogen-bond donors (Lipinski definition) is 0. The quantitative estimate of drug-likeness (QED) is 0.605. The number of rotatable bonds is 6. The number of amides is 1. The van der Waals surface area contributed by atoms with Crippen molar-refractivity contribution >= 4 is 22.6 Å². The zero-order chi connectivity index (χ0) is 21.2. The minimum Gasteiger partial charge on any atom is -0.356 e. The summed E-state index contributed by atoms with van der Waals surface area (Å²) in [5, 5.41) is 10.0. The molecule has 0 atom stereocenters. The number of fused-ring (bicyclic) bond motifs is 1. The largest absolute Gasteiger partial charge is 0.356 e. The molecule has 5 rings (SSSR count). The molecule has 2 fully saturated rings. The summed E-state index contributed by atoms with van der Waals surface area (Å²) in [6.45, 7) is 2.63. The highest BCUT2D eigenvalue weighted by Gasteiger charge is 2.32. The Hall–Kier alpha value is -3.46. The summed E-state index contributed by atoms with van der Waals surface area (Å²) in [7, 11) is 0. The van der Waals surface area contributed by atoms with Gasteiger partial charge in [0, 0.05) is 31.1 Å². The first kappa shape index (κ1) is 19.5. The topological polar surface area (TPSA) is 73.1 Å². The average Bonchev–Trinajstić information content (AvgIpc) is 3.50. The molecule has 0 bridgehead atoms. The molecule has 156 valence electrons. The molecule has 1 aliphatic carbocycles. The van der Waals surface area contributed by atoms with E-state index in [4.69, 9.17) is 5.26 Å². The lowest BCUT2D eigenvalue weighted by Gasteiger charge is -2.22. The van der Waals surface area contributed by atoms with Crippen molar-refractivity contribution in [1.82, 2.24) is 14.9 Å². The molecule has 3 aromatic rings. The maximum absolute atomic E-state index is 12.4. The van der Waals surface area contributed by atoms with Crippen molar-refractivity contribution in [1.29, 1.82) is 5.26 Å². The Morgan fingerprint density at radius 3 is 2.68 bits per heavy atom. The van der Waals surface area contributed by atoms with Crippen LogP contribution in [0.5, 0.6) is 0 Å². The van der Waals surface area contributed by atoms with Gasteiger partial charge < -0.3 is 9.80 Å². The standard InChI is InChI=1S/C25H25N5O/c26-11-10-24(31)30(21-7-8-21)16-18-4-3-5-19(14-18)20-6-9-23-22(15-20)25(28-17-27-23)29-12-1-2-13-29/h3-6,9,14-15,17,21H,1-2,7-8,10,12-13,16H2. The van der Waals surface area contributed by atoms with Gasteiger partial charge in [-0.05, 0) is 60.6 Å². The molecular weight excluding hydrogens is 386 g/mol. The molecule has 2 aromatic carbocycles. The zero-order valence-electron chi connectivity index (χ0n) is 17.5. The van der Waals surface area contributed by atoms with Crippen molar-refractivity contribution in [2.45, 2.75) is 44.7 Å². The zero-order valence-corrected chi connectivity index (χ0v) is 17.5. The van der Waals surface area contributed by atoms with Crippen LogP contribution in [-0.4, -0.2) is 39.9 Å². The molecule has 0 N–H and O–H groups in total. The molecule has 0 unspecified atom stereocenters. The third kappa shape index (κ3) is 4.09. The van der Waals surface area contributed by atoms with Gasteiger partial charge in [0.1, 0.15) is 18.6 Å². The SMILES string of the molecule is N#CCC(=O)N(Cc1cccc(-c2ccc3ncnc(N4CCCC4)c3c2)c1)C1CC1. The average molecular weight is 412 g/mol. The van der Waals surface area contributed by atoms with Gasteiger partial charge in [-0.3, -0.25) is 4.79 Å². The Bertz CT molecular complexity index is 1160. The maximum atomic E-state index is 12.4. The van der Waals surface area contributed by atoms with Crippen molar-refractivity contribution in [2.75, 3.05) is 18.0 Å². The normalized spacial score (nSPS) is 15.8. The number of hydrogen-bond acceptors (Lipinski definition) is 5. The molecule has 1 aliphatic heterocycles. The van der Waals surface area contributed by atoms with Gasteiger partial charge in [0.15, 0.2) is 0 Å². The van der Waals surface area contributed by atoms with Crippen LogP contribution in [0.4, 0.5) is 5.82 Å². The van der Waals surface area contributed by atoms with Crippen molar-refractivity contribution in [2.24, 2.45) is 0 Å². The molecule has 1 aromatic heterocycles. The minimum atomic E-state index is -0.0755. The molecule has 1 saturated carbocycles. The van der Waals surface area contributed by atoms with Gasteiger partial charge in [0.05, 0.1) is 11.6 Å². The van der Waals surface area contributed by atoms with Gasteiger partial charge in [-0.2, -0.15) is 5.26 Å². The highest BCUT2D eigenvalue weighted by atomic mass is 16.2. The lowest BCUT2D eigenvalue weighted by atomic mass is 10.0. The van der Waals surface area contributed by atoms with Gasteiger partial charge in [-0.1, -0.05) is 24.3 Å². The van der Waals surface area contributed by atoms with E-state index >= 15 is 0 Å². The maximum Gasteiger partial charge on any atom is 0.237 e. The molecule has 31 heavy (non-hydrogen) atoms. The third-order valence-electron chi connectivity index (χ3n) is 6.17. The number of nitriles is 1. The Kier molecular flexibility index (Phi) is 5.25. The summed E-state index contributed by atoms with van der Waals surface area (Å²) < 4.78 is 0. The monoisotopic (exact) mass is 411 g/mol. The van der Waals surface area contributed by atoms with E-state index in [1.165, 1.54) is 12.8 Å². The van der Waals surface area contributed by atoms with Crippen molar-refractivity contribution in [3.05, 3.63) is 54.4 Å². The van der Waals surface area contributed by atoms with Crippen LogP contribution in [0.2, 0.25) is 0 Å². The summed E-state index contributed by atoms with van der Waals surface area (Å²) in [5.74, 6) is 0.941. The molecule has 2 heterocycles. The van der Waals surface area contributed by atoms with Crippen LogP contribution in [0.1, 0.15) is 37.7 Å². The van der Waals surface area contributed by atoms with E-state index in [1.807, 2.05) is 17.0 Å². The highest BCUT2D eigenvalue weighted by molar-refractivity contribution is 5.93. The number of carbonyl (C=O) groups is 1. The van der Waals surface area contributed by atoms with E-state index in [0.717, 1.165) is 59.3 Å². The number of anilines is 1. The van der Waals surface area contributed by atoms with Crippen LogP contribution in [0.15, 0.2) is 48.8 Å². The van der Waals surface area contributed by atoms with Gasteiger partial charge in [-0.25, -0.2) is 9.97 Å². The number of carbonyl (C=O) groups excluding carboxylic acids is 1. The second-order valence-corrected chi connectivity index (χ2v) is 8.41. The smallest absolute Gasteiger partial charge is 0.237 e. The number of nitrogens with zero attached hydrogens (tertiary/aromatic N) is 5. The fourth-order valence-corrected chi connectivity index (χ4v) is 4.43. The molecule has 6 nitrogen and oxygen atoms in total. The predicted molar refractivity (Wildman–Crippen MR) is 120 cm³/mol. The van der Waals surface area contributed by atoms with E-state index < -0.39 is 0 Å². The Morgan fingerprint density at radius 2 is 1.90 bits per heavy atom. The van der Waals surface area contributed by atoms with Gasteiger partial charge in [0.2, 0.25) is 5.91 Å². The summed E-state index contributed by atoms with van der Waals surface area (Å²) in [6, 6.07) is 17.0. The summed E-state index contributed by atoms with van der Waals surface area (Å²) >= 11 is 0. The van der Waals surface area contributed by atoms with Crippen molar-refractivity contribution < 1.29 is 4.79 Å². The molecule has 0 radical (unpaired) electrons. The lowest BCUT2D eigenvalue weighted by molar-refractivity contribution is -0.131. The fraction of sp³-hybridized carbons (Fsp3) is 0.360. The van der Waals surface area contributed by atoms with E-state index in [9.17, 15) is 4.79 Å². The van der Waals surface area contributed by atoms with Crippen LogP contribution in [0, 0.1) is 11.3 Å². The van der Waals surface area contributed by atoms with E-state index in [1.54, 1.807) is 6.33 Å². The van der Waals surface area contributed by atoms with Gasteiger partial charge >= 0.3 is 0 Å². The summed E-state index contributed by atoms with van der Waals surface area (Å²) in [5.41, 5.74) is 4.27. The third-order valence-corrected chi connectivity index (χ3v) is 6.17. The molecule has 1 amide bonds. The van der Waals surface area contributed by atoms with Crippen LogP contribution in [-0.2, 0) is 11.3 Å². The van der Waals surface area contributed by atoms with E-state index in [0.29, 0.717) is 6.54 Å². The second-order valence-electron chi connectivity index (χ2n) is 8.41. The Morgan fingerprint density at radius 1 is 1.10 bits per heavy atom. The fourth-order valence-electron chi connectivity index (χ4n) is 4.43. The van der Waals surface area contributed by atoms with E-state index in [2.05, 4.69) is 51.3 Å². The second kappa shape index (κ2) is 8.35. The molecule has 2 aliphatic rings. The first-order valence-electron chi connectivity index (χ1n) is 11.0. The van der Waals surface area contributed by atoms with E-state index in [-0.39, 0.29) is 18.4 Å². The van der Waals surface area contributed by atoms with Crippen LogP contribution in [0.3, 0.4) is 0 Å². The first-order chi connectivity index (χ1) is 15.2. The number of benzene rings is 2. The van der Waals surface area contributed by atoms with Crippen LogP contribution in [0.25, 0.3) is 22.0 Å². The molecular formula is C25H25N5O. The van der Waals surface area contributed by atoms with Gasteiger partial charge in [0.25, 0.3) is 0 Å². The van der Waals surface area contributed by atoms with Crippen LogP contribution >= 0.6 is 0 Å². The number of aromatic nitrogens is 2. The Balaban J connectivity index is 1.46. The van der Waals surface area contributed by atoms with Gasteiger partial charge in [-0.15, -0.1) is 0 Å². The Labute approximate surface area is 182 Å². The molecule has 6 heteroatoms. The van der Waals surface area contributed by atoms with Crippen molar-refractivity contribution in [3.63, 3.8) is 0 Å². The summed E-state index contributed by atoms with van der Waals surface area (Å²) in [4.78, 5) is 25.6. The minimum absolute atomic E-state index is 0.0554. The highest BCUT2D eigenvalue weighted by Crippen LogP contribution is 2.32. The summed E-state index contributed by atoms with van der Waals surface area (Å²) in [6.07, 6.45) is 6.06. The molecule has 0 spiro atoms. The van der Waals surface area contributed by atoms with Crippen molar-refractivity contribution in [3.8, 4) is 17.2 Å². The molecule has 1 saturated heterocycles. The van der Waals surface area contributed by atoms with Crippen LogP contribution < -0.4 is 4.90 Å². The lowest BCUT2D eigenvalue weighted by Crippen LogP contribution is -2.32. The predicted octanol–water partition coefficient (Wildman–Crippen LogP) is 4.30.